The summed E-state index contributed by atoms with van der Waals surface area (Å²) in [5.41, 5.74) is 7.89. The first-order valence-electron chi connectivity index (χ1n) is 26.8. The van der Waals surface area contributed by atoms with Crippen molar-refractivity contribution in [2.75, 3.05) is 62.8 Å². The molecule has 2 amide bonds. The van der Waals surface area contributed by atoms with Crippen molar-refractivity contribution >= 4 is 34.1 Å². The van der Waals surface area contributed by atoms with Gasteiger partial charge in [-0.05, 0) is 110 Å². The highest BCUT2D eigenvalue weighted by Crippen LogP contribution is 2.56. The summed E-state index contributed by atoms with van der Waals surface area (Å²) >= 11 is 0. The highest BCUT2D eigenvalue weighted by atomic mass is 16.5. The SMILES string of the molecule is COc1cc(OC2C(C)(C)C(NC(=O)c3ccc(N4CCC(C5CCN(c6ccc(-c7cc8cccc(-c9nn(C%10CCOCC%10)c%10c9CN(C(C)=O)CC%10)c8cn7)cn6)CC5)CC4)cc3)C2(C)C)ccc1C#N. The Bertz CT molecular complexity index is 3070. The number of carbonyl (C=O) groups excluding carboxylic acids is 2. The maximum absolute atomic E-state index is 13.7. The number of pyridine rings is 2. The minimum Gasteiger partial charge on any atom is -0.495 e. The van der Waals surface area contributed by atoms with E-state index in [0.29, 0.717) is 53.6 Å². The average molecular weight is 996 g/mol. The first-order chi connectivity index (χ1) is 35.8. The fourth-order valence-corrected chi connectivity index (χ4v) is 13.5. The van der Waals surface area contributed by atoms with E-state index in [4.69, 9.17) is 29.3 Å². The van der Waals surface area contributed by atoms with Crippen LogP contribution in [0.5, 0.6) is 11.5 Å². The van der Waals surface area contributed by atoms with Gasteiger partial charge in [-0.15, -0.1) is 0 Å². The third-order valence-electron chi connectivity index (χ3n) is 17.4. The third-order valence-corrected chi connectivity index (χ3v) is 17.4. The molecule has 4 fully saturated rings. The summed E-state index contributed by atoms with van der Waals surface area (Å²) in [6, 6.07) is 28.6. The molecule has 0 unspecified atom stereocenters. The summed E-state index contributed by atoms with van der Waals surface area (Å²) in [6.07, 6.45) is 11.2. The quantitative estimate of drug-likeness (QED) is 0.132. The maximum atomic E-state index is 13.7. The van der Waals surface area contributed by atoms with Crippen LogP contribution in [-0.4, -0.2) is 102 Å². The van der Waals surface area contributed by atoms with E-state index < -0.39 is 0 Å². The molecular formula is C60H69N9O5. The zero-order valence-electron chi connectivity index (χ0n) is 43.8. The molecule has 3 saturated heterocycles. The van der Waals surface area contributed by atoms with Gasteiger partial charge in [0.1, 0.15) is 29.5 Å². The van der Waals surface area contributed by atoms with Crippen LogP contribution in [0.25, 0.3) is 33.3 Å². The van der Waals surface area contributed by atoms with Gasteiger partial charge in [-0.2, -0.15) is 10.4 Å². The van der Waals surface area contributed by atoms with Crippen molar-refractivity contribution in [3.05, 3.63) is 114 Å². The second-order valence-corrected chi connectivity index (χ2v) is 22.5. The van der Waals surface area contributed by atoms with Crippen LogP contribution in [0.1, 0.15) is 106 Å². The number of nitrogens with zero attached hydrogens (tertiary/aromatic N) is 8. The Balaban J connectivity index is 0.670. The Morgan fingerprint density at radius 1 is 0.811 bits per heavy atom. The first kappa shape index (κ1) is 49.2. The van der Waals surface area contributed by atoms with Crippen molar-refractivity contribution in [3.63, 3.8) is 0 Å². The summed E-state index contributed by atoms with van der Waals surface area (Å²) < 4.78 is 19.8. The number of hydrogen-bond acceptors (Lipinski definition) is 11. The molecule has 0 bridgehead atoms. The fraction of sp³-hybridized carbons (Fsp3) is 0.467. The van der Waals surface area contributed by atoms with Crippen LogP contribution in [-0.2, 0) is 22.5 Å². The molecule has 14 nitrogen and oxygen atoms in total. The summed E-state index contributed by atoms with van der Waals surface area (Å²) in [5.74, 6) is 3.57. The van der Waals surface area contributed by atoms with Crippen molar-refractivity contribution < 1.29 is 23.8 Å². The molecule has 3 aromatic heterocycles. The van der Waals surface area contributed by atoms with Crippen molar-refractivity contribution in [1.29, 1.82) is 5.26 Å². The molecule has 74 heavy (non-hydrogen) atoms. The van der Waals surface area contributed by atoms with Crippen molar-refractivity contribution in [1.82, 2.24) is 30.0 Å². The van der Waals surface area contributed by atoms with Crippen LogP contribution in [0, 0.1) is 34.0 Å². The minimum absolute atomic E-state index is 0.0800. The van der Waals surface area contributed by atoms with E-state index in [-0.39, 0.29) is 34.8 Å². The van der Waals surface area contributed by atoms with Crippen LogP contribution < -0.4 is 24.6 Å². The molecule has 11 rings (SSSR count). The molecule has 0 atom stereocenters. The standard InChI is InChI=1S/C60H69N9O5/c1-38(70)68-29-22-52-50(37-68)55(65-69(52)46-23-30-73-31-24-46)48-9-7-8-42-32-51(62-36-49(42)48)44-13-17-54(63-35-44)67-27-20-40(21-28-67)39-18-25-66(26-19-39)45-14-10-41(11-15-45)56(71)64-57-59(2,3)58(60(57,4)5)74-47-16-12-43(34-61)53(33-47)72-6/h7-17,32-33,35-36,39-40,46,57-58H,18-31,37H2,1-6H3,(H,64,71). The van der Waals surface area contributed by atoms with Gasteiger partial charge in [-0.3, -0.25) is 19.3 Å². The molecule has 5 aliphatic rings. The molecular weight excluding hydrogens is 927 g/mol. The number of methoxy groups -OCH3 is 1. The van der Waals surface area contributed by atoms with Gasteiger partial charge in [0.05, 0.1) is 30.1 Å². The Hall–Kier alpha value is -6.98. The van der Waals surface area contributed by atoms with E-state index >= 15 is 0 Å². The second-order valence-electron chi connectivity index (χ2n) is 22.5. The lowest BCUT2D eigenvalue weighted by Gasteiger charge is -2.63. The predicted octanol–water partition coefficient (Wildman–Crippen LogP) is 10.0. The first-order valence-corrected chi connectivity index (χ1v) is 26.8. The van der Waals surface area contributed by atoms with Gasteiger partial charge in [0, 0.05) is 140 Å². The topological polar surface area (TPSA) is 151 Å². The minimum atomic E-state index is -0.336. The molecule has 0 radical (unpaired) electrons. The molecule has 3 aromatic carbocycles. The van der Waals surface area contributed by atoms with E-state index in [1.807, 2.05) is 29.4 Å². The Morgan fingerprint density at radius 2 is 1.53 bits per heavy atom. The van der Waals surface area contributed by atoms with E-state index in [1.165, 1.54) is 37.1 Å². The summed E-state index contributed by atoms with van der Waals surface area (Å²) in [4.78, 5) is 43.0. The van der Waals surface area contributed by atoms with Crippen molar-refractivity contribution in [3.8, 4) is 40.1 Å². The van der Waals surface area contributed by atoms with Crippen LogP contribution in [0.4, 0.5) is 11.5 Å². The van der Waals surface area contributed by atoms with Gasteiger partial charge in [-0.25, -0.2) is 4.98 Å². The number of carbonyl (C=O) groups is 2. The van der Waals surface area contributed by atoms with E-state index in [9.17, 15) is 14.9 Å². The van der Waals surface area contributed by atoms with Gasteiger partial charge in [0.15, 0.2) is 0 Å². The second kappa shape index (κ2) is 20.0. The number of anilines is 2. The predicted molar refractivity (Wildman–Crippen MR) is 287 cm³/mol. The van der Waals surface area contributed by atoms with Gasteiger partial charge in [0.25, 0.3) is 5.91 Å². The highest BCUT2D eigenvalue weighted by Gasteiger charge is 2.64. The largest absolute Gasteiger partial charge is 0.495 e. The molecule has 14 heteroatoms. The molecule has 1 saturated carbocycles. The highest BCUT2D eigenvalue weighted by molar-refractivity contribution is 5.98. The molecule has 1 N–H and O–H groups in total. The van der Waals surface area contributed by atoms with Crippen molar-refractivity contribution in [2.24, 2.45) is 22.7 Å². The zero-order valence-corrected chi connectivity index (χ0v) is 43.8. The summed E-state index contributed by atoms with van der Waals surface area (Å²) in [5, 5.41) is 20.2. The zero-order chi connectivity index (χ0) is 51.3. The number of fused-ring (bicyclic) bond motifs is 2. The van der Waals surface area contributed by atoms with E-state index in [2.05, 4.69) is 102 Å². The normalized spacial score (nSPS) is 21.1. The number of rotatable bonds is 11. The van der Waals surface area contributed by atoms with Gasteiger partial charge < -0.3 is 34.2 Å². The Labute approximate surface area is 435 Å². The lowest BCUT2D eigenvalue weighted by atomic mass is 9.49. The number of benzene rings is 3. The number of nitrogens with one attached hydrogen (secondary N) is 1. The lowest BCUT2D eigenvalue weighted by molar-refractivity contribution is -0.164. The van der Waals surface area contributed by atoms with Crippen LogP contribution in [0.3, 0.4) is 0 Å². The number of ether oxygens (including phenoxy) is 3. The molecule has 6 aromatic rings. The maximum Gasteiger partial charge on any atom is 0.251 e. The number of amides is 2. The summed E-state index contributed by atoms with van der Waals surface area (Å²) in [7, 11) is 1.55. The van der Waals surface area contributed by atoms with Gasteiger partial charge in [0.2, 0.25) is 5.91 Å². The molecule has 0 spiro atoms. The van der Waals surface area contributed by atoms with E-state index in [1.54, 1.807) is 32.2 Å². The Morgan fingerprint density at radius 3 is 2.19 bits per heavy atom. The van der Waals surface area contributed by atoms with Crippen LogP contribution in [0.2, 0.25) is 0 Å². The van der Waals surface area contributed by atoms with Crippen molar-refractivity contribution in [2.45, 2.75) is 104 Å². The average Bonchev–Trinajstić information content (AvgIpc) is 3.82. The Kier molecular flexibility index (Phi) is 13.3. The van der Waals surface area contributed by atoms with Crippen LogP contribution in [0.15, 0.2) is 91.3 Å². The monoisotopic (exact) mass is 996 g/mol. The van der Waals surface area contributed by atoms with Gasteiger partial charge in [-0.1, -0.05) is 45.9 Å². The third kappa shape index (κ3) is 9.22. The lowest BCUT2D eigenvalue weighted by Crippen LogP contribution is -2.74. The molecule has 1 aliphatic carbocycles. The smallest absolute Gasteiger partial charge is 0.251 e. The molecule has 384 valence electrons. The number of piperidine rings is 2. The number of aromatic nitrogens is 4. The van der Waals surface area contributed by atoms with Crippen LogP contribution >= 0.6 is 0 Å². The molecule has 4 aliphatic heterocycles. The number of nitriles is 1. The number of hydrogen-bond donors (Lipinski definition) is 1. The molecule has 7 heterocycles. The van der Waals surface area contributed by atoms with E-state index in [0.717, 1.165) is 103 Å². The fourth-order valence-electron chi connectivity index (χ4n) is 13.5. The summed E-state index contributed by atoms with van der Waals surface area (Å²) in [6.45, 7) is 17.0. The van der Waals surface area contributed by atoms with Gasteiger partial charge >= 0.3 is 0 Å².